The molecule has 0 aliphatic carbocycles. The maximum absolute atomic E-state index is 11.5. The van der Waals surface area contributed by atoms with Crippen LogP contribution < -0.4 is 5.73 Å². The Hall–Kier alpha value is -1.42. The van der Waals surface area contributed by atoms with E-state index in [1.165, 1.54) is 0 Å². The van der Waals surface area contributed by atoms with E-state index in [9.17, 15) is 9.90 Å². The maximum Gasteiger partial charge on any atom is 0.232 e. The van der Waals surface area contributed by atoms with Crippen LogP contribution in [0.15, 0.2) is 24.4 Å². The molecular weight excluding hydrogens is 192 g/mol. The van der Waals surface area contributed by atoms with E-state index in [1.807, 2.05) is 6.92 Å². The van der Waals surface area contributed by atoms with Crippen molar-refractivity contribution in [3.63, 3.8) is 0 Å². The normalized spacial score (nSPS) is 14.5. The van der Waals surface area contributed by atoms with Crippen molar-refractivity contribution in [3.8, 4) is 0 Å². The predicted molar refractivity (Wildman–Crippen MR) is 57.1 cm³/mol. The summed E-state index contributed by atoms with van der Waals surface area (Å²) in [4.78, 5) is 15.6. The van der Waals surface area contributed by atoms with Crippen molar-refractivity contribution in [3.05, 3.63) is 30.1 Å². The zero-order chi connectivity index (χ0) is 11.3. The molecule has 3 N–H and O–H groups in total. The SMILES string of the molecule is CCCC(CO)(C(N)=O)c1ccccn1. The van der Waals surface area contributed by atoms with Crippen molar-refractivity contribution >= 4 is 5.91 Å². The van der Waals surface area contributed by atoms with Gasteiger partial charge >= 0.3 is 0 Å². The molecule has 1 heterocycles. The molecule has 0 fully saturated rings. The molecule has 0 aliphatic heterocycles. The monoisotopic (exact) mass is 208 g/mol. The van der Waals surface area contributed by atoms with E-state index < -0.39 is 11.3 Å². The molecule has 1 aromatic rings. The Morgan fingerprint density at radius 3 is 2.73 bits per heavy atom. The Labute approximate surface area is 89.1 Å². The number of nitrogens with two attached hydrogens (primary N) is 1. The van der Waals surface area contributed by atoms with E-state index >= 15 is 0 Å². The van der Waals surface area contributed by atoms with Gasteiger partial charge in [-0.2, -0.15) is 0 Å². The van der Waals surface area contributed by atoms with Crippen LogP contribution in [0.25, 0.3) is 0 Å². The van der Waals surface area contributed by atoms with E-state index in [1.54, 1.807) is 24.4 Å². The standard InChI is InChI=1S/C11H16N2O2/c1-2-6-11(8-14,10(12)15)9-5-3-4-7-13-9/h3-5,7,14H,2,6,8H2,1H3,(H2,12,15). The van der Waals surface area contributed by atoms with Gasteiger partial charge in [-0.3, -0.25) is 9.78 Å². The van der Waals surface area contributed by atoms with Gasteiger partial charge in [0.2, 0.25) is 5.91 Å². The maximum atomic E-state index is 11.5. The summed E-state index contributed by atoms with van der Waals surface area (Å²) < 4.78 is 0. The highest BCUT2D eigenvalue weighted by Crippen LogP contribution is 2.26. The van der Waals surface area contributed by atoms with Crippen molar-refractivity contribution in [1.29, 1.82) is 0 Å². The average Bonchev–Trinajstić information content (AvgIpc) is 2.26. The van der Waals surface area contributed by atoms with Gasteiger partial charge in [0.1, 0.15) is 5.41 Å². The van der Waals surface area contributed by atoms with Crippen LogP contribution in [-0.4, -0.2) is 22.6 Å². The smallest absolute Gasteiger partial charge is 0.232 e. The lowest BCUT2D eigenvalue weighted by molar-refractivity contribution is -0.125. The van der Waals surface area contributed by atoms with E-state index in [0.717, 1.165) is 6.42 Å². The van der Waals surface area contributed by atoms with Crippen LogP contribution in [0.1, 0.15) is 25.5 Å². The number of hydrogen-bond donors (Lipinski definition) is 2. The van der Waals surface area contributed by atoms with Crippen LogP contribution >= 0.6 is 0 Å². The van der Waals surface area contributed by atoms with E-state index in [0.29, 0.717) is 12.1 Å². The second-order valence-electron chi connectivity index (χ2n) is 3.57. The minimum absolute atomic E-state index is 0.298. The summed E-state index contributed by atoms with van der Waals surface area (Å²) in [6.07, 6.45) is 2.87. The average molecular weight is 208 g/mol. The highest BCUT2D eigenvalue weighted by atomic mass is 16.3. The van der Waals surface area contributed by atoms with Crippen LogP contribution in [0.3, 0.4) is 0 Å². The Bertz CT molecular complexity index is 327. The number of rotatable bonds is 5. The number of aromatic nitrogens is 1. The minimum Gasteiger partial charge on any atom is -0.395 e. The van der Waals surface area contributed by atoms with Gasteiger partial charge in [0.25, 0.3) is 0 Å². The van der Waals surface area contributed by atoms with E-state index in [-0.39, 0.29) is 6.61 Å². The Balaban J connectivity index is 3.15. The molecule has 0 saturated heterocycles. The van der Waals surface area contributed by atoms with Gasteiger partial charge in [0.15, 0.2) is 0 Å². The topological polar surface area (TPSA) is 76.2 Å². The van der Waals surface area contributed by atoms with Crippen LogP contribution in [0.5, 0.6) is 0 Å². The van der Waals surface area contributed by atoms with E-state index in [2.05, 4.69) is 4.98 Å². The first kappa shape index (κ1) is 11.7. The van der Waals surface area contributed by atoms with Crippen molar-refractivity contribution in [2.75, 3.05) is 6.61 Å². The van der Waals surface area contributed by atoms with Gasteiger partial charge in [0, 0.05) is 6.20 Å². The summed E-state index contributed by atoms with van der Waals surface area (Å²) in [6, 6.07) is 5.26. The first-order valence-corrected chi connectivity index (χ1v) is 4.99. The molecule has 1 amide bonds. The molecule has 0 aromatic carbocycles. The Morgan fingerprint density at radius 1 is 1.60 bits per heavy atom. The highest BCUT2D eigenvalue weighted by molar-refractivity contribution is 5.86. The summed E-state index contributed by atoms with van der Waals surface area (Å²) in [5, 5.41) is 9.39. The molecule has 4 nitrogen and oxygen atoms in total. The fraction of sp³-hybridized carbons (Fsp3) is 0.455. The molecular formula is C11H16N2O2. The summed E-state index contributed by atoms with van der Waals surface area (Å²) in [5.41, 5.74) is 4.87. The number of nitrogens with zero attached hydrogens (tertiary/aromatic N) is 1. The number of carbonyl (C=O) groups is 1. The zero-order valence-corrected chi connectivity index (χ0v) is 8.81. The molecule has 1 aromatic heterocycles. The molecule has 0 bridgehead atoms. The van der Waals surface area contributed by atoms with Gasteiger partial charge < -0.3 is 10.8 Å². The summed E-state index contributed by atoms with van der Waals surface area (Å²) in [5.74, 6) is -0.523. The lowest BCUT2D eigenvalue weighted by Crippen LogP contribution is -2.45. The molecule has 0 radical (unpaired) electrons. The van der Waals surface area contributed by atoms with Crippen LogP contribution in [0.4, 0.5) is 0 Å². The molecule has 4 heteroatoms. The summed E-state index contributed by atoms with van der Waals surface area (Å²) >= 11 is 0. The molecule has 0 aliphatic rings. The molecule has 0 spiro atoms. The number of pyridine rings is 1. The molecule has 1 rings (SSSR count). The third-order valence-electron chi connectivity index (χ3n) is 2.57. The molecule has 82 valence electrons. The Morgan fingerprint density at radius 2 is 2.33 bits per heavy atom. The van der Waals surface area contributed by atoms with Gasteiger partial charge in [-0.15, -0.1) is 0 Å². The third kappa shape index (κ3) is 2.15. The molecule has 15 heavy (non-hydrogen) atoms. The lowest BCUT2D eigenvalue weighted by Gasteiger charge is -2.27. The number of hydrogen-bond acceptors (Lipinski definition) is 3. The highest BCUT2D eigenvalue weighted by Gasteiger charge is 2.38. The fourth-order valence-corrected chi connectivity index (χ4v) is 1.69. The first-order chi connectivity index (χ1) is 7.17. The van der Waals surface area contributed by atoms with Gasteiger partial charge in [-0.1, -0.05) is 19.4 Å². The number of aliphatic hydroxyl groups is 1. The first-order valence-electron chi connectivity index (χ1n) is 4.99. The van der Waals surface area contributed by atoms with Crippen LogP contribution in [0.2, 0.25) is 0 Å². The molecule has 0 saturated carbocycles. The quantitative estimate of drug-likeness (QED) is 0.743. The summed E-state index contributed by atoms with van der Waals surface area (Å²) in [7, 11) is 0. The second kappa shape index (κ2) is 4.89. The second-order valence-corrected chi connectivity index (χ2v) is 3.57. The van der Waals surface area contributed by atoms with Crippen molar-refractivity contribution in [1.82, 2.24) is 4.98 Å². The predicted octanol–water partition coefficient (Wildman–Crippen LogP) is 0.597. The Kier molecular flexibility index (Phi) is 3.80. The number of amides is 1. The van der Waals surface area contributed by atoms with Crippen molar-refractivity contribution < 1.29 is 9.90 Å². The fourth-order valence-electron chi connectivity index (χ4n) is 1.69. The van der Waals surface area contributed by atoms with Crippen LogP contribution in [0, 0.1) is 0 Å². The minimum atomic E-state index is -1.03. The number of carbonyl (C=O) groups excluding carboxylic acids is 1. The number of primary amides is 1. The van der Waals surface area contributed by atoms with E-state index in [4.69, 9.17) is 5.73 Å². The largest absolute Gasteiger partial charge is 0.395 e. The lowest BCUT2D eigenvalue weighted by atomic mass is 9.80. The van der Waals surface area contributed by atoms with Crippen molar-refractivity contribution in [2.24, 2.45) is 5.73 Å². The van der Waals surface area contributed by atoms with Gasteiger partial charge in [0.05, 0.1) is 12.3 Å². The number of aliphatic hydroxyl groups excluding tert-OH is 1. The van der Waals surface area contributed by atoms with Crippen molar-refractivity contribution in [2.45, 2.75) is 25.2 Å². The van der Waals surface area contributed by atoms with Gasteiger partial charge in [-0.25, -0.2) is 0 Å². The zero-order valence-electron chi connectivity index (χ0n) is 8.81. The molecule has 1 unspecified atom stereocenters. The third-order valence-corrected chi connectivity index (χ3v) is 2.57. The summed E-state index contributed by atoms with van der Waals surface area (Å²) in [6.45, 7) is 1.64. The van der Waals surface area contributed by atoms with Crippen LogP contribution in [-0.2, 0) is 10.2 Å². The van der Waals surface area contributed by atoms with Gasteiger partial charge in [-0.05, 0) is 18.6 Å². The molecule has 1 atom stereocenters.